The molecule has 2 aromatic rings. The van der Waals surface area contributed by atoms with E-state index in [4.69, 9.17) is 34.8 Å². The van der Waals surface area contributed by atoms with E-state index in [1.54, 1.807) is 0 Å². The monoisotopic (exact) mass is 288 g/mol. The molecule has 0 radical (unpaired) electrons. The first-order chi connectivity index (χ1) is 8.07. The third kappa shape index (κ3) is 1.93. The van der Waals surface area contributed by atoms with Crippen LogP contribution in [-0.2, 0) is 6.54 Å². The van der Waals surface area contributed by atoms with Crippen molar-refractivity contribution in [3.8, 4) is 0 Å². The van der Waals surface area contributed by atoms with Gasteiger partial charge in [-0.25, -0.2) is 0 Å². The van der Waals surface area contributed by atoms with Crippen LogP contribution < -0.4 is 5.32 Å². The summed E-state index contributed by atoms with van der Waals surface area (Å²) in [6, 6.07) is 8.12. The van der Waals surface area contributed by atoms with Gasteiger partial charge in [0.2, 0.25) is 0 Å². The molecule has 0 spiro atoms. The first kappa shape index (κ1) is 11.7. The van der Waals surface area contributed by atoms with Crippen molar-refractivity contribution in [2.24, 2.45) is 0 Å². The Balaban J connectivity index is 2.24. The molecule has 90 valence electrons. The van der Waals surface area contributed by atoms with Crippen LogP contribution in [0.5, 0.6) is 0 Å². The number of hydrogen-bond donors (Lipinski definition) is 2. The number of aromatic amines is 1. The Kier molecular flexibility index (Phi) is 2.79. The quantitative estimate of drug-likeness (QED) is 0.711. The fraction of sp³-hybridized carbons (Fsp3) is 0.333. The lowest BCUT2D eigenvalue weighted by Crippen LogP contribution is -2.34. The summed E-state index contributed by atoms with van der Waals surface area (Å²) in [5.74, 6) is -0.118. The van der Waals surface area contributed by atoms with E-state index in [2.05, 4.69) is 16.4 Å². The predicted octanol–water partition coefficient (Wildman–Crippen LogP) is 3.72. The molecule has 2 nitrogen and oxygen atoms in total. The van der Waals surface area contributed by atoms with Gasteiger partial charge in [0.1, 0.15) is 0 Å². The molecule has 0 bridgehead atoms. The average Bonchev–Trinajstić information content (AvgIpc) is 2.65. The number of aromatic nitrogens is 1. The molecule has 2 heterocycles. The third-order valence-electron chi connectivity index (χ3n) is 3.22. The highest BCUT2D eigenvalue weighted by molar-refractivity contribution is 6.68. The normalized spacial score (nSPS) is 20.5. The van der Waals surface area contributed by atoms with Gasteiger partial charge in [0.15, 0.2) is 3.79 Å². The summed E-state index contributed by atoms with van der Waals surface area (Å²) < 4.78 is -1.28. The van der Waals surface area contributed by atoms with Crippen molar-refractivity contribution in [2.45, 2.75) is 16.3 Å². The molecular formula is C12H11Cl3N2. The number of H-pyrrole nitrogens is 1. The van der Waals surface area contributed by atoms with Crippen molar-refractivity contribution in [1.29, 1.82) is 0 Å². The van der Waals surface area contributed by atoms with Crippen LogP contribution in [0.25, 0.3) is 10.9 Å². The van der Waals surface area contributed by atoms with E-state index < -0.39 is 3.79 Å². The lowest BCUT2D eigenvalue weighted by molar-refractivity contribution is 0.545. The zero-order chi connectivity index (χ0) is 12.0. The van der Waals surface area contributed by atoms with Crippen LogP contribution in [0.15, 0.2) is 24.3 Å². The van der Waals surface area contributed by atoms with Crippen molar-refractivity contribution in [3.05, 3.63) is 35.5 Å². The number of rotatable bonds is 0. The molecule has 3 rings (SSSR count). The van der Waals surface area contributed by atoms with Gasteiger partial charge in [0, 0.05) is 35.6 Å². The lowest BCUT2D eigenvalue weighted by Gasteiger charge is -2.29. The average molecular weight is 290 g/mol. The number of alkyl halides is 3. The molecule has 0 aliphatic carbocycles. The molecule has 0 saturated heterocycles. The van der Waals surface area contributed by atoms with E-state index in [1.807, 2.05) is 18.2 Å². The summed E-state index contributed by atoms with van der Waals surface area (Å²) in [5, 5.41) is 4.43. The second kappa shape index (κ2) is 4.06. The summed E-state index contributed by atoms with van der Waals surface area (Å²) in [5.41, 5.74) is 3.36. The standard InChI is InChI=1S/C12H11Cl3N2/c13-12(14,15)8-5-16-6-10-11(8)7-3-1-2-4-9(7)17-10/h1-4,8,16-17H,5-6H2. The van der Waals surface area contributed by atoms with Crippen LogP contribution >= 0.6 is 34.8 Å². The molecule has 2 N–H and O–H groups in total. The highest BCUT2D eigenvalue weighted by atomic mass is 35.6. The molecule has 1 aromatic heterocycles. The van der Waals surface area contributed by atoms with Crippen molar-refractivity contribution < 1.29 is 0 Å². The summed E-state index contributed by atoms with van der Waals surface area (Å²) in [7, 11) is 0. The van der Waals surface area contributed by atoms with Crippen LogP contribution in [0.1, 0.15) is 17.2 Å². The molecule has 1 aliphatic rings. The Labute approximate surface area is 114 Å². The van der Waals surface area contributed by atoms with Gasteiger partial charge >= 0.3 is 0 Å². The van der Waals surface area contributed by atoms with Gasteiger partial charge < -0.3 is 10.3 Å². The van der Waals surface area contributed by atoms with E-state index in [0.29, 0.717) is 6.54 Å². The number of benzene rings is 1. The van der Waals surface area contributed by atoms with Gasteiger partial charge in [-0.05, 0) is 11.6 Å². The zero-order valence-corrected chi connectivity index (χ0v) is 11.2. The zero-order valence-electron chi connectivity index (χ0n) is 8.93. The topological polar surface area (TPSA) is 27.8 Å². The first-order valence-electron chi connectivity index (χ1n) is 5.44. The van der Waals surface area contributed by atoms with E-state index >= 15 is 0 Å². The van der Waals surface area contributed by atoms with Gasteiger partial charge in [-0.15, -0.1) is 0 Å². The molecule has 5 heteroatoms. The summed E-state index contributed by atoms with van der Waals surface area (Å²) >= 11 is 18.2. The minimum atomic E-state index is -1.28. The number of nitrogens with one attached hydrogen (secondary N) is 2. The molecule has 17 heavy (non-hydrogen) atoms. The maximum Gasteiger partial charge on any atom is 0.198 e. The van der Waals surface area contributed by atoms with Gasteiger partial charge in [-0.3, -0.25) is 0 Å². The number of para-hydroxylation sites is 1. The first-order valence-corrected chi connectivity index (χ1v) is 6.57. The smallest absolute Gasteiger partial charge is 0.198 e. The summed E-state index contributed by atoms with van der Waals surface area (Å²) in [6.07, 6.45) is 0. The van der Waals surface area contributed by atoms with Crippen molar-refractivity contribution in [1.82, 2.24) is 10.3 Å². The predicted molar refractivity (Wildman–Crippen MR) is 73.0 cm³/mol. The fourth-order valence-corrected chi connectivity index (χ4v) is 3.04. The maximum atomic E-state index is 6.07. The molecule has 0 saturated carbocycles. The SMILES string of the molecule is ClC(Cl)(Cl)C1CNCc2[nH]c3ccccc3c21. The number of halogens is 3. The van der Waals surface area contributed by atoms with E-state index in [0.717, 1.165) is 28.7 Å². The molecule has 0 amide bonds. The Hall–Kier alpha value is -0.410. The van der Waals surface area contributed by atoms with Gasteiger partial charge in [0.05, 0.1) is 0 Å². The van der Waals surface area contributed by atoms with E-state index in [9.17, 15) is 0 Å². The number of hydrogen-bond acceptors (Lipinski definition) is 1. The fourth-order valence-electron chi connectivity index (χ4n) is 2.48. The Morgan fingerprint density at radius 1 is 1.18 bits per heavy atom. The van der Waals surface area contributed by atoms with Gasteiger partial charge in [-0.1, -0.05) is 53.0 Å². The van der Waals surface area contributed by atoms with Crippen molar-refractivity contribution in [3.63, 3.8) is 0 Å². The van der Waals surface area contributed by atoms with Crippen molar-refractivity contribution >= 4 is 45.7 Å². The highest BCUT2D eigenvalue weighted by Crippen LogP contribution is 2.45. The second-order valence-electron chi connectivity index (χ2n) is 4.29. The van der Waals surface area contributed by atoms with Gasteiger partial charge in [-0.2, -0.15) is 0 Å². The Morgan fingerprint density at radius 2 is 1.94 bits per heavy atom. The molecule has 1 unspecified atom stereocenters. The largest absolute Gasteiger partial charge is 0.357 e. The molecular weight excluding hydrogens is 279 g/mol. The lowest BCUT2D eigenvalue weighted by atomic mass is 9.94. The highest BCUT2D eigenvalue weighted by Gasteiger charge is 2.38. The summed E-state index contributed by atoms with van der Waals surface area (Å²) in [6.45, 7) is 1.48. The second-order valence-corrected chi connectivity index (χ2v) is 6.66. The molecule has 1 aromatic carbocycles. The molecule has 0 fully saturated rings. The molecule has 1 atom stereocenters. The summed E-state index contributed by atoms with van der Waals surface area (Å²) in [4.78, 5) is 3.38. The van der Waals surface area contributed by atoms with Crippen LogP contribution in [0.3, 0.4) is 0 Å². The Bertz CT molecular complexity index is 556. The minimum Gasteiger partial charge on any atom is -0.357 e. The van der Waals surface area contributed by atoms with Crippen LogP contribution in [0.4, 0.5) is 0 Å². The maximum absolute atomic E-state index is 6.07. The Morgan fingerprint density at radius 3 is 2.71 bits per heavy atom. The van der Waals surface area contributed by atoms with Crippen LogP contribution in [-0.4, -0.2) is 15.3 Å². The van der Waals surface area contributed by atoms with Crippen LogP contribution in [0, 0.1) is 0 Å². The van der Waals surface area contributed by atoms with Crippen molar-refractivity contribution in [2.75, 3.05) is 6.54 Å². The molecule has 1 aliphatic heterocycles. The van der Waals surface area contributed by atoms with Gasteiger partial charge in [0.25, 0.3) is 0 Å². The third-order valence-corrected chi connectivity index (χ3v) is 4.01. The number of fused-ring (bicyclic) bond motifs is 3. The minimum absolute atomic E-state index is 0.118. The van der Waals surface area contributed by atoms with E-state index in [1.165, 1.54) is 0 Å². The van der Waals surface area contributed by atoms with E-state index in [-0.39, 0.29) is 5.92 Å². The van der Waals surface area contributed by atoms with Crippen LogP contribution in [0.2, 0.25) is 0 Å².